The molecule has 1 fully saturated rings. The van der Waals surface area contributed by atoms with E-state index in [9.17, 15) is 0 Å². The zero-order chi connectivity index (χ0) is 9.03. The molecular formula is C9H17ClN2. The highest BCUT2D eigenvalue weighted by atomic mass is 35.5. The van der Waals surface area contributed by atoms with E-state index in [0.29, 0.717) is 0 Å². The van der Waals surface area contributed by atoms with Crippen molar-refractivity contribution in [1.29, 1.82) is 0 Å². The van der Waals surface area contributed by atoms with Crippen LogP contribution in [0.1, 0.15) is 46.0 Å². The molecule has 0 aliphatic heterocycles. The molecule has 12 heavy (non-hydrogen) atoms. The fraction of sp³-hybridized carbons (Fsp3) is 1.00. The first-order valence-electron chi connectivity index (χ1n) is 4.73. The Morgan fingerprint density at radius 3 is 2.25 bits per heavy atom. The first-order valence-corrected chi connectivity index (χ1v) is 5.11. The van der Waals surface area contributed by atoms with Crippen molar-refractivity contribution in [2.24, 2.45) is 10.2 Å². The highest BCUT2D eigenvalue weighted by Gasteiger charge is 2.28. The highest BCUT2D eigenvalue weighted by Crippen LogP contribution is 2.35. The molecule has 0 N–H and O–H groups in total. The molecule has 1 rings (SSSR count). The lowest BCUT2D eigenvalue weighted by atomic mass is 9.95. The molecule has 0 atom stereocenters. The zero-order valence-corrected chi connectivity index (χ0v) is 8.64. The minimum absolute atomic E-state index is 0.266. The van der Waals surface area contributed by atoms with E-state index < -0.39 is 0 Å². The largest absolute Gasteiger partial charge is 0.190 e. The summed E-state index contributed by atoms with van der Waals surface area (Å²) >= 11 is 6.26. The van der Waals surface area contributed by atoms with Crippen LogP contribution in [-0.4, -0.2) is 11.0 Å². The van der Waals surface area contributed by atoms with Crippen molar-refractivity contribution in [3.8, 4) is 0 Å². The quantitative estimate of drug-likeness (QED) is 0.358. The van der Waals surface area contributed by atoms with Crippen LogP contribution in [-0.2, 0) is 0 Å². The third-order valence-corrected chi connectivity index (χ3v) is 2.54. The molecule has 0 spiro atoms. The SMILES string of the molecule is CC(C)/N=N/C1(Cl)CCCCC1. The molecule has 0 unspecified atom stereocenters. The summed E-state index contributed by atoms with van der Waals surface area (Å²) in [6.45, 7) is 4.04. The van der Waals surface area contributed by atoms with E-state index in [0.717, 1.165) is 12.8 Å². The van der Waals surface area contributed by atoms with Gasteiger partial charge in [0, 0.05) is 0 Å². The van der Waals surface area contributed by atoms with Gasteiger partial charge in [-0.3, -0.25) is 0 Å². The van der Waals surface area contributed by atoms with Crippen LogP contribution in [0.25, 0.3) is 0 Å². The van der Waals surface area contributed by atoms with Crippen molar-refractivity contribution in [2.75, 3.05) is 0 Å². The summed E-state index contributed by atoms with van der Waals surface area (Å²) in [6.07, 6.45) is 5.67. The molecule has 70 valence electrons. The molecule has 0 amide bonds. The Hall–Kier alpha value is -0.110. The Bertz CT molecular complexity index is 160. The molecule has 0 saturated heterocycles. The molecule has 0 aromatic heterocycles. The van der Waals surface area contributed by atoms with Gasteiger partial charge in [-0.15, -0.1) is 0 Å². The maximum Gasteiger partial charge on any atom is 0.154 e. The lowest BCUT2D eigenvalue weighted by Crippen LogP contribution is -2.21. The minimum Gasteiger partial charge on any atom is -0.190 e. The number of alkyl halides is 1. The van der Waals surface area contributed by atoms with Gasteiger partial charge in [-0.05, 0) is 39.5 Å². The van der Waals surface area contributed by atoms with Crippen molar-refractivity contribution >= 4 is 11.6 Å². The van der Waals surface area contributed by atoms with Gasteiger partial charge in [-0.1, -0.05) is 18.0 Å². The van der Waals surface area contributed by atoms with Crippen LogP contribution >= 0.6 is 11.6 Å². The van der Waals surface area contributed by atoms with E-state index in [2.05, 4.69) is 10.2 Å². The maximum atomic E-state index is 6.26. The van der Waals surface area contributed by atoms with Crippen LogP contribution in [0.5, 0.6) is 0 Å². The van der Waals surface area contributed by atoms with E-state index in [1.807, 2.05) is 13.8 Å². The van der Waals surface area contributed by atoms with Gasteiger partial charge < -0.3 is 0 Å². The number of nitrogens with zero attached hydrogens (tertiary/aromatic N) is 2. The summed E-state index contributed by atoms with van der Waals surface area (Å²) in [5, 5.41) is 8.32. The molecule has 1 aliphatic carbocycles. The average Bonchev–Trinajstić information content (AvgIpc) is 2.03. The smallest absolute Gasteiger partial charge is 0.154 e. The monoisotopic (exact) mass is 188 g/mol. The number of hydrogen-bond acceptors (Lipinski definition) is 2. The van der Waals surface area contributed by atoms with Crippen LogP contribution in [0.4, 0.5) is 0 Å². The van der Waals surface area contributed by atoms with Crippen molar-refractivity contribution < 1.29 is 0 Å². The first-order chi connectivity index (χ1) is 5.62. The summed E-state index contributed by atoms with van der Waals surface area (Å²) < 4.78 is 0. The van der Waals surface area contributed by atoms with Crippen LogP contribution in [0.3, 0.4) is 0 Å². The summed E-state index contributed by atoms with van der Waals surface area (Å²) in [5.74, 6) is 0. The van der Waals surface area contributed by atoms with Crippen LogP contribution in [0, 0.1) is 0 Å². The van der Waals surface area contributed by atoms with Crippen molar-refractivity contribution in [3.63, 3.8) is 0 Å². The van der Waals surface area contributed by atoms with Gasteiger partial charge in [0.25, 0.3) is 0 Å². The molecule has 1 saturated carbocycles. The molecule has 0 heterocycles. The Balaban J connectivity index is 2.46. The standard InChI is InChI=1S/C9H17ClN2/c1-8(2)11-12-9(10)6-4-3-5-7-9/h8H,3-7H2,1-2H3/b12-11+. The normalized spacial score (nSPS) is 23.7. The van der Waals surface area contributed by atoms with E-state index >= 15 is 0 Å². The third kappa shape index (κ3) is 3.10. The molecule has 0 radical (unpaired) electrons. The topological polar surface area (TPSA) is 24.7 Å². The van der Waals surface area contributed by atoms with Gasteiger partial charge >= 0.3 is 0 Å². The average molecular weight is 189 g/mol. The van der Waals surface area contributed by atoms with Gasteiger partial charge in [0.2, 0.25) is 0 Å². The van der Waals surface area contributed by atoms with Gasteiger partial charge in [-0.25, -0.2) is 0 Å². The van der Waals surface area contributed by atoms with Crippen LogP contribution in [0.15, 0.2) is 10.2 Å². The Morgan fingerprint density at radius 1 is 1.17 bits per heavy atom. The van der Waals surface area contributed by atoms with Gasteiger partial charge in [0.15, 0.2) is 5.00 Å². The molecule has 1 aliphatic rings. The summed E-state index contributed by atoms with van der Waals surface area (Å²) in [6, 6.07) is 0.266. The molecular weight excluding hydrogens is 172 g/mol. The first kappa shape index (κ1) is 9.97. The second-order valence-electron chi connectivity index (χ2n) is 3.79. The Kier molecular flexibility index (Phi) is 3.51. The summed E-state index contributed by atoms with van der Waals surface area (Å²) in [5.41, 5.74) is 0. The zero-order valence-electron chi connectivity index (χ0n) is 7.89. The van der Waals surface area contributed by atoms with Crippen LogP contribution < -0.4 is 0 Å². The lowest BCUT2D eigenvalue weighted by Gasteiger charge is -2.25. The maximum absolute atomic E-state index is 6.26. The molecule has 3 heteroatoms. The minimum atomic E-state index is -0.359. The second kappa shape index (κ2) is 4.22. The Labute approximate surface area is 79.4 Å². The Morgan fingerprint density at radius 2 is 1.75 bits per heavy atom. The molecule has 0 aromatic rings. The second-order valence-corrected chi connectivity index (χ2v) is 4.49. The number of azo groups is 1. The van der Waals surface area contributed by atoms with Gasteiger partial charge in [0.1, 0.15) is 0 Å². The van der Waals surface area contributed by atoms with E-state index in [1.165, 1.54) is 19.3 Å². The molecule has 0 bridgehead atoms. The molecule has 0 aromatic carbocycles. The fourth-order valence-corrected chi connectivity index (χ4v) is 1.72. The van der Waals surface area contributed by atoms with Crippen molar-refractivity contribution in [3.05, 3.63) is 0 Å². The number of hydrogen-bond donors (Lipinski definition) is 0. The lowest BCUT2D eigenvalue weighted by molar-refractivity contribution is 0.382. The van der Waals surface area contributed by atoms with Crippen molar-refractivity contribution in [2.45, 2.75) is 57.0 Å². The predicted octanol–water partition coefficient (Wildman–Crippen LogP) is 3.75. The number of rotatable bonds is 2. The number of halogens is 1. The van der Waals surface area contributed by atoms with E-state index in [1.54, 1.807) is 0 Å². The van der Waals surface area contributed by atoms with Gasteiger partial charge in [-0.2, -0.15) is 10.2 Å². The fourth-order valence-electron chi connectivity index (χ4n) is 1.41. The highest BCUT2D eigenvalue weighted by molar-refractivity contribution is 6.23. The summed E-state index contributed by atoms with van der Waals surface area (Å²) in [4.78, 5) is -0.359. The van der Waals surface area contributed by atoms with E-state index in [4.69, 9.17) is 11.6 Å². The predicted molar refractivity (Wildman–Crippen MR) is 51.7 cm³/mol. The summed E-state index contributed by atoms with van der Waals surface area (Å²) in [7, 11) is 0. The van der Waals surface area contributed by atoms with Crippen LogP contribution in [0.2, 0.25) is 0 Å². The third-order valence-electron chi connectivity index (χ3n) is 2.09. The van der Waals surface area contributed by atoms with E-state index in [-0.39, 0.29) is 11.0 Å². The molecule has 2 nitrogen and oxygen atoms in total. The van der Waals surface area contributed by atoms with Gasteiger partial charge in [0.05, 0.1) is 6.04 Å². The van der Waals surface area contributed by atoms with Crippen molar-refractivity contribution in [1.82, 2.24) is 0 Å².